The largest absolute Gasteiger partial charge is 0.496 e. The Bertz CT molecular complexity index is 952. The Morgan fingerprint density at radius 1 is 1.29 bits per heavy atom. The summed E-state index contributed by atoms with van der Waals surface area (Å²) in [6.45, 7) is 1.89. The smallest absolute Gasteiger partial charge is 0.270 e. The Labute approximate surface area is 141 Å². The molecule has 1 N–H and O–H groups in total. The summed E-state index contributed by atoms with van der Waals surface area (Å²) in [5.41, 5.74) is 1.97. The van der Waals surface area contributed by atoms with Crippen molar-refractivity contribution in [3.63, 3.8) is 0 Å². The number of thiazole rings is 1. The van der Waals surface area contributed by atoms with Gasteiger partial charge in [-0.2, -0.15) is 0 Å². The van der Waals surface area contributed by atoms with Gasteiger partial charge in [0.25, 0.3) is 11.6 Å². The quantitative estimate of drug-likeness (QED) is 0.575. The van der Waals surface area contributed by atoms with Gasteiger partial charge in [0.05, 0.1) is 22.2 Å². The molecule has 0 saturated heterocycles. The molecule has 0 aliphatic heterocycles. The topological polar surface area (TPSA) is 94.4 Å². The third-order valence-corrected chi connectivity index (χ3v) is 4.41. The second-order valence-corrected chi connectivity index (χ2v) is 6.10. The Kier molecular flexibility index (Phi) is 4.13. The van der Waals surface area contributed by atoms with E-state index in [2.05, 4.69) is 10.3 Å². The van der Waals surface area contributed by atoms with Crippen molar-refractivity contribution in [1.82, 2.24) is 4.98 Å². The van der Waals surface area contributed by atoms with Crippen molar-refractivity contribution in [1.29, 1.82) is 0 Å². The number of fused-ring (bicyclic) bond motifs is 1. The van der Waals surface area contributed by atoms with Crippen molar-refractivity contribution in [3.05, 3.63) is 57.6 Å². The van der Waals surface area contributed by atoms with E-state index in [1.807, 2.05) is 6.92 Å². The molecule has 2 aromatic carbocycles. The summed E-state index contributed by atoms with van der Waals surface area (Å²) in [6.07, 6.45) is 0. The number of aryl methyl sites for hydroxylation is 1. The fourth-order valence-electron chi connectivity index (χ4n) is 2.21. The number of non-ortho nitro benzene ring substituents is 1. The standard InChI is InChI=1S/C16H13N3O4S/c1-9-3-4-10(7-13(9)23-2)15(20)18-16-17-12-6-5-11(19(21)22)8-14(12)24-16/h3-8H,1-2H3,(H,17,18,20). The minimum absolute atomic E-state index is 0.00713. The van der Waals surface area contributed by atoms with Crippen LogP contribution in [-0.4, -0.2) is 22.9 Å². The number of carbonyl (C=O) groups is 1. The number of carbonyl (C=O) groups excluding carboxylic acids is 1. The van der Waals surface area contributed by atoms with Gasteiger partial charge < -0.3 is 4.74 Å². The molecule has 0 aliphatic rings. The van der Waals surface area contributed by atoms with E-state index >= 15 is 0 Å². The summed E-state index contributed by atoms with van der Waals surface area (Å²) < 4.78 is 5.85. The van der Waals surface area contributed by atoms with Crippen LogP contribution in [0.4, 0.5) is 10.8 Å². The first-order valence-electron chi connectivity index (χ1n) is 6.99. The first-order valence-corrected chi connectivity index (χ1v) is 7.80. The molecular weight excluding hydrogens is 330 g/mol. The molecule has 8 heteroatoms. The number of ether oxygens (including phenoxy) is 1. The Hall–Kier alpha value is -3.00. The lowest BCUT2D eigenvalue weighted by Crippen LogP contribution is -2.11. The SMILES string of the molecule is COc1cc(C(=O)Nc2nc3ccc([N+](=O)[O-])cc3s2)ccc1C. The number of amides is 1. The number of hydrogen-bond acceptors (Lipinski definition) is 6. The Balaban J connectivity index is 1.86. The first-order chi connectivity index (χ1) is 11.5. The van der Waals surface area contributed by atoms with Crippen LogP contribution in [0.25, 0.3) is 10.2 Å². The molecule has 0 bridgehead atoms. The van der Waals surface area contributed by atoms with Crippen LogP contribution >= 0.6 is 11.3 Å². The second-order valence-electron chi connectivity index (χ2n) is 5.07. The lowest BCUT2D eigenvalue weighted by Gasteiger charge is -2.07. The number of benzene rings is 2. The third kappa shape index (κ3) is 3.04. The van der Waals surface area contributed by atoms with E-state index in [9.17, 15) is 14.9 Å². The van der Waals surface area contributed by atoms with Crippen LogP contribution in [0.5, 0.6) is 5.75 Å². The van der Waals surface area contributed by atoms with E-state index in [0.717, 1.165) is 5.56 Å². The third-order valence-electron chi connectivity index (χ3n) is 3.47. The zero-order valence-corrected chi connectivity index (χ0v) is 13.7. The van der Waals surface area contributed by atoms with Gasteiger partial charge in [-0.1, -0.05) is 17.4 Å². The van der Waals surface area contributed by atoms with Crippen molar-refractivity contribution in [2.45, 2.75) is 6.92 Å². The molecular formula is C16H13N3O4S. The van der Waals surface area contributed by atoms with Crippen LogP contribution < -0.4 is 10.1 Å². The minimum Gasteiger partial charge on any atom is -0.496 e. The second kappa shape index (κ2) is 6.25. The highest BCUT2D eigenvalue weighted by Gasteiger charge is 2.14. The molecule has 1 aromatic heterocycles. The summed E-state index contributed by atoms with van der Waals surface area (Å²) in [5.74, 6) is 0.310. The van der Waals surface area contributed by atoms with Gasteiger partial charge in [0.15, 0.2) is 5.13 Å². The number of hydrogen-bond donors (Lipinski definition) is 1. The van der Waals surface area contributed by atoms with Crippen LogP contribution in [0.3, 0.4) is 0 Å². The van der Waals surface area contributed by atoms with Gasteiger partial charge in [-0.25, -0.2) is 4.98 Å². The zero-order valence-electron chi connectivity index (χ0n) is 12.9. The van der Waals surface area contributed by atoms with Gasteiger partial charge >= 0.3 is 0 Å². The molecule has 3 rings (SSSR count). The predicted molar refractivity (Wildman–Crippen MR) is 92.0 cm³/mol. The van der Waals surface area contributed by atoms with Crippen LogP contribution in [0, 0.1) is 17.0 Å². The number of nitrogens with zero attached hydrogens (tertiary/aromatic N) is 2. The molecule has 0 unspecified atom stereocenters. The van der Waals surface area contributed by atoms with Crippen molar-refractivity contribution in [3.8, 4) is 5.75 Å². The van der Waals surface area contributed by atoms with E-state index in [4.69, 9.17) is 4.74 Å². The summed E-state index contributed by atoms with van der Waals surface area (Å²) in [7, 11) is 1.55. The fourth-order valence-corrected chi connectivity index (χ4v) is 3.10. The number of anilines is 1. The highest BCUT2D eigenvalue weighted by molar-refractivity contribution is 7.22. The summed E-state index contributed by atoms with van der Waals surface area (Å²) in [5, 5.41) is 13.9. The average molecular weight is 343 g/mol. The van der Waals surface area contributed by atoms with E-state index in [-0.39, 0.29) is 11.6 Å². The molecule has 24 heavy (non-hydrogen) atoms. The average Bonchev–Trinajstić information content (AvgIpc) is 2.96. The Morgan fingerprint density at radius 2 is 2.08 bits per heavy atom. The summed E-state index contributed by atoms with van der Waals surface area (Å²) in [6, 6.07) is 9.55. The molecule has 1 amide bonds. The number of aromatic nitrogens is 1. The summed E-state index contributed by atoms with van der Waals surface area (Å²) in [4.78, 5) is 27.0. The van der Waals surface area contributed by atoms with Crippen LogP contribution in [0.1, 0.15) is 15.9 Å². The van der Waals surface area contributed by atoms with Crippen molar-refractivity contribution < 1.29 is 14.5 Å². The van der Waals surface area contributed by atoms with Gasteiger partial charge in [-0.15, -0.1) is 0 Å². The molecule has 3 aromatic rings. The first kappa shape index (κ1) is 15.9. The maximum atomic E-state index is 12.3. The lowest BCUT2D eigenvalue weighted by atomic mass is 10.1. The van der Waals surface area contributed by atoms with Gasteiger partial charge in [0.1, 0.15) is 5.75 Å². The van der Waals surface area contributed by atoms with Gasteiger partial charge in [-0.05, 0) is 30.7 Å². The van der Waals surface area contributed by atoms with Gasteiger partial charge in [-0.3, -0.25) is 20.2 Å². The van der Waals surface area contributed by atoms with Gasteiger partial charge in [0.2, 0.25) is 0 Å². The number of nitrogens with one attached hydrogen (secondary N) is 1. The van der Waals surface area contributed by atoms with Crippen LogP contribution in [0.15, 0.2) is 36.4 Å². The number of nitro groups is 1. The van der Waals surface area contributed by atoms with Crippen molar-refractivity contribution in [2.24, 2.45) is 0 Å². The molecule has 0 atom stereocenters. The fraction of sp³-hybridized carbons (Fsp3) is 0.125. The maximum absolute atomic E-state index is 12.3. The molecule has 0 radical (unpaired) electrons. The highest BCUT2D eigenvalue weighted by Crippen LogP contribution is 2.29. The predicted octanol–water partition coefficient (Wildman–Crippen LogP) is 3.77. The minimum atomic E-state index is -0.462. The number of methoxy groups -OCH3 is 1. The maximum Gasteiger partial charge on any atom is 0.270 e. The lowest BCUT2D eigenvalue weighted by molar-refractivity contribution is -0.384. The van der Waals surface area contributed by atoms with Crippen molar-refractivity contribution >= 4 is 38.3 Å². The molecule has 0 fully saturated rings. The monoisotopic (exact) mass is 343 g/mol. The number of nitro benzene ring substituents is 1. The molecule has 0 aliphatic carbocycles. The molecule has 7 nitrogen and oxygen atoms in total. The van der Waals surface area contributed by atoms with Crippen LogP contribution in [0.2, 0.25) is 0 Å². The van der Waals surface area contributed by atoms with Crippen molar-refractivity contribution in [2.75, 3.05) is 12.4 Å². The van der Waals surface area contributed by atoms with Crippen LogP contribution in [-0.2, 0) is 0 Å². The zero-order chi connectivity index (χ0) is 17.3. The van der Waals surface area contributed by atoms with E-state index < -0.39 is 4.92 Å². The highest BCUT2D eigenvalue weighted by atomic mass is 32.1. The Morgan fingerprint density at radius 3 is 2.79 bits per heavy atom. The van der Waals surface area contributed by atoms with E-state index in [0.29, 0.717) is 26.7 Å². The number of rotatable bonds is 4. The summed E-state index contributed by atoms with van der Waals surface area (Å²) >= 11 is 1.19. The molecule has 0 spiro atoms. The molecule has 1 heterocycles. The molecule has 0 saturated carbocycles. The van der Waals surface area contributed by atoms with E-state index in [1.165, 1.54) is 23.5 Å². The van der Waals surface area contributed by atoms with Gasteiger partial charge in [0, 0.05) is 17.7 Å². The molecule has 122 valence electrons. The normalized spacial score (nSPS) is 10.6. The van der Waals surface area contributed by atoms with E-state index in [1.54, 1.807) is 31.4 Å².